The first-order chi connectivity index (χ1) is 65.2. The standard InChI is InChI=1S/C18H21NO3S.C17H18BrNO3S.C17H18ClNO3S.C17H18FNO3S.C17H18INO3S.C17H19NO3S/c1-12-8-9-17(14(3)10-12)22-11-15-13(2)6-5-7-16(15)19(21)18(20)23-4;4*1-11-7-8-16(12(2)9-11)22-10-13-14(18)5-4-6-15(13)19(21)17(20)23-3;1-12-8-9-16(13(2)10-12)21-11-14-6-4-5-7-15(14)18(20)17(19)22-3/h5-10,21H,11H2,1-4H3;4*4-9,21H,10H2,1-3H3;4-10,20H,11H2,1-3H3. The van der Waals surface area contributed by atoms with Gasteiger partial charge in [-0.15, -0.1) is 0 Å². The SMILES string of the molecule is CSC(=O)N(O)c1cccc(Br)c1COc1ccc(C)cc1C.CSC(=O)N(O)c1cccc(C)c1COc1ccc(C)cc1C.CSC(=O)N(O)c1cccc(Cl)c1COc1ccc(C)cc1C.CSC(=O)N(O)c1cccc(F)c1COc1ccc(C)cc1C.CSC(=O)N(O)c1cccc(I)c1COc1ccc(C)cc1C.CSC(=O)N(O)c1ccccc1COc1ccc(C)cc1C. The predicted molar refractivity (Wildman–Crippen MR) is 569 cm³/mol. The lowest BCUT2D eigenvalue weighted by Gasteiger charge is -2.20. The van der Waals surface area contributed by atoms with Gasteiger partial charge in [0, 0.05) is 40.9 Å². The van der Waals surface area contributed by atoms with Gasteiger partial charge in [-0.2, -0.15) is 30.4 Å². The second-order valence-corrected chi connectivity index (χ2v) is 37.7. The number of hydrogen-bond donors (Lipinski definition) is 6. The van der Waals surface area contributed by atoms with Gasteiger partial charge in [-0.25, -0.2) is 4.39 Å². The summed E-state index contributed by atoms with van der Waals surface area (Å²) in [5.41, 5.74) is 19.9. The van der Waals surface area contributed by atoms with Crippen molar-refractivity contribution in [3.63, 3.8) is 0 Å². The predicted octanol–water partition coefficient (Wildman–Crippen LogP) is 29.8. The van der Waals surface area contributed by atoms with E-state index in [0.29, 0.717) is 80.7 Å². The molecule has 6 amide bonds. The number of anilines is 6. The molecule has 0 bridgehead atoms. The molecule has 0 saturated heterocycles. The third-order valence-electron chi connectivity index (χ3n) is 20.4. The van der Waals surface area contributed by atoms with Crippen molar-refractivity contribution in [3.05, 3.63) is 349 Å². The third kappa shape index (κ3) is 33.7. The van der Waals surface area contributed by atoms with Crippen LogP contribution in [0.25, 0.3) is 0 Å². The van der Waals surface area contributed by atoms with Crippen molar-refractivity contribution in [2.45, 2.75) is 130 Å². The summed E-state index contributed by atoms with van der Waals surface area (Å²) >= 11 is 17.4. The maximum absolute atomic E-state index is 14.1. The summed E-state index contributed by atoms with van der Waals surface area (Å²) in [5, 5.41) is 61.5. The van der Waals surface area contributed by atoms with E-state index in [-0.39, 0.29) is 50.9 Å². The van der Waals surface area contributed by atoms with E-state index < -0.39 is 37.3 Å². The van der Waals surface area contributed by atoms with Crippen LogP contribution < -0.4 is 58.8 Å². The number of amides is 6. The second kappa shape index (κ2) is 56.6. The maximum atomic E-state index is 14.1. The van der Waals surface area contributed by atoms with Crippen LogP contribution in [0.2, 0.25) is 5.02 Å². The largest absolute Gasteiger partial charge is 0.489 e. The molecule has 0 aliphatic rings. The molecule has 0 aliphatic heterocycles. The fourth-order valence-electron chi connectivity index (χ4n) is 13.2. The quantitative estimate of drug-likeness (QED) is 0.0186. The highest BCUT2D eigenvalue weighted by Crippen LogP contribution is 2.37. The van der Waals surface area contributed by atoms with Crippen LogP contribution in [0.3, 0.4) is 0 Å². The normalized spacial score (nSPS) is 10.5. The van der Waals surface area contributed by atoms with Crippen molar-refractivity contribution in [1.82, 2.24) is 0 Å². The van der Waals surface area contributed by atoms with Gasteiger partial charge in [-0.05, 0) is 286 Å². The van der Waals surface area contributed by atoms with Gasteiger partial charge in [0.2, 0.25) is 0 Å². The van der Waals surface area contributed by atoms with Crippen LogP contribution in [0.5, 0.6) is 34.5 Å². The summed E-state index contributed by atoms with van der Waals surface area (Å²) in [6, 6.07) is 67.9. The average molecular weight is 2180 g/mol. The Balaban J connectivity index is 0.000000224. The van der Waals surface area contributed by atoms with Crippen LogP contribution in [-0.4, -0.2) is 100 Å². The summed E-state index contributed by atoms with van der Waals surface area (Å²) in [6.07, 6.45) is 9.65. The van der Waals surface area contributed by atoms with Crippen LogP contribution in [-0.2, 0) is 39.6 Å². The van der Waals surface area contributed by atoms with Gasteiger partial charge in [-0.3, -0.25) is 60.0 Å². The molecule has 0 spiro atoms. The molecule has 0 radical (unpaired) electrons. The zero-order valence-corrected chi connectivity index (χ0v) is 88.7. The van der Waals surface area contributed by atoms with E-state index in [9.17, 15) is 64.4 Å². The molecular weight excluding hydrogens is 2060 g/mol. The monoisotopic (exact) mass is 2170 g/mol. The van der Waals surface area contributed by atoms with Crippen LogP contribution in [0.4, 0.5) is 67.3 Å². The topological polar surface area (TPSA) is 299 Å². The molecule has 0 unspecified atom stereocenters. The van der Waals surface area contributed by atoms with Crippen LogP contribution in [0.1, 0.15) is 106 Å². The maximum Gasteiger partial charge on any atom is 0.309 e. The molecule has 0 aliphatic carbocycles. The molecule has 0 saturated carbocycles. The van der Waals surface area contributed by atoms with Gasteiger partial charge in [0.15, 0.2) is 0 Å². The van der Waals surface area contributed by atoms with Gasteiger partial charge in [0.1, 0.15) is 80.0 Å². The molecule has 34 heteroatoms. The van der Waals surface area contributed by atoms with Crippen molar-refractivity contribution in [2.75, 3.05) is 67.9 Å². The van der Waals surface area contributed by atoms with E-state index in [4.69, 9.17) is 40.0 Å². The first-order valence-corrected chi connectivity index (χ1v) is 51.7. The summed E-state index contributed by atoms with van der Waals surface area (Å²) in [7, 11) is 0. The van der Waals surface area contributed by atoms with Gasteiger partial charge in [-0.1, -0.05) is 259 Å². The van der Waals surface area contributed by atoms with Crippen LogP contribution >= 0.6 is 121 Å². The van der Waals surface area contributed by atoms with Gasteiger partial charge < -0.3 is 28.4 Å². The molecule has 12 aromatic carbocycles. The lowest BCUT2D eigenvalue weighted by molar-refractivity contribution is 0.223. The summed E-state index contributed by atoms with van der Waals surface area (Å²) in [6.45, 7) is 27.0. The van der Waals surface area contributed by atoms with Crippen molar-refractivity contribution in [2.24, 2.45) is 0 Å². The number of halogens is 4. The Bertz CT molecular complexity index is 5460. The fourth-order valence-corrected chi connectivity index (χ4v) is 16.2. The highest BCUT2D eigenvalue weighted by atomic mass is 127. The fraction of sp³-hybridized carbons (Fsp3) is 0.243. The van der Waals surface area contributed by atoms with E-state index >= 15 is 0 Å². The number of thioether (sulfide) groups is 6. The molecule has 0 atom stereocenters. The second-order valence-electron chi connectivity index (χ2n) is 30.7. The van der Waals surface area contributed by atoms with Crippen LogP contribution in [0.15, 0.2) is 229 Å². The molecule has 6 N–H and O–H groups in total. The van der Waals surface area contributed by atoms with Gasteiger partial charge in [0.05, 0.1) is 39.7 Å². The molecule has 726 valence electrons. The van der Waals surface area contributed by atoms with E-state index in [1.807, 2.05) is 217 Å². The number of carbonyl (C=O) groups excluding carboxylic acids is 6. The Labute approximate surface area is 852 Å². The molecule has 0 fully saturated rings. The van der Waals surface area contributed by atoms with Crippen molar-refractivity contribution in [1.29, 1.82) is 0 Å². The molecule has 137 heavy (non-hydrogen) atoms. The smallest absolute Gasteiger partial charge is 0.309 e. The highest BCUT2D eigenvalue weighted by Gasteiger charge is 2.26. The zero-order chi connectivity index (χ0) is 101. The third-order valence-corrected chi connectivity index (χ3v) is 25.7. The Morgan fingerprint density at radius 2 is 0.540 bits per heavy atom. The summed E-state index contributed by atoms with van der Waals surface area (Å²) < 4.78 is 50.8. The molecular formula is C103H112BrClFIN6O18S6. The first kappa shape index (κ1) is 114. The van der Waals surface area contributed by atoms with Gasteiger partial charge >= 0.3 is 31.4 Å². The number of para-hydroxylation sites is 1. The van der Waals surface area contributed by atoms with Crippen molar-refractivity contribution in [3.8, 4) is 34.5 Å². The Morgan fingerprint density at radius 1 is 0.292 bits per heavy atom. The minimum atomic E-state index is -0.594. The Morgan fingerprint density at radius 3 is 0.891 bits per heavy atom. The number of nitrogens with zero attached hydrogens (tertiary/aromatic N) is 6. The number of hydroxylamine groups is 6. The minimum absolute atomic E-state index is 0.0779. The lowest BCUT2D eigenvalue weighted by atomic mass is 10.1. The number of aryl methyl sites for hydroxylation is 13. The number of benzene rings is 12. The summed E-state index contributed by atoms with van der Waals surface area (Å²) in [5.74, 6) is 3.99. The molecule has 24 nitrogen and oxygen atoms in total. The number of hydrogen-bond acceptors (Lipinski definition) is 24. The Kier molecular flexibility index (Phi) is 46.9. The summed E-state index contributed by atoms with van der Waals surface area (Å²) in [4.78, 5) is 70.1. The van der Waals surface area contributed by atoms with E-state index in [0.717, 1.165) is 174 Å². The molecule has 12 rings (SSSR count). The average Bonchev–Trinajstić information content (AvgIpc) is 0.802. The Hall–Kier alpha value is -10.5. The van der Waals surface area contributed by atoms with E-state index in [1.165, 1.54) is 46.7 Å². The molecule has 0 aromatic heterocycles. The number of rotatable bonds is 24. The number of carbonyl (C=O) groups is 6. The van der Waals surface area contributed by atoms with Gasteiger partial charge in [0.25, 0.3) is 0 Å². The lowest BCUT2D eigenvalue weighted by Crippen LogP contribution is -2.24. The van der Waals surface area contributed by atoms with E-state index in [1.54, 1.807) is 91.9 Å². The number of ether oxygens (including phenoxy) is 6. The minimum Gasteiger partial charge on any atom is -0.489 e. The highest BCUT2D eigenvalue weighted by molar-refractivity contribution is 14.1. The zero-order valence-electron chi connectivity index (χ0n) is 79.3. The van der Waals surface area contributed by atoms with Crippen molar-refractivity contribution >= 4 is 186 Å². The van der Waals surface area contributed by atoms with Crippen molar-refractivity contribution < 1.29 is 92.8 Å². The molecule has 0 heterocycles. The van der Waals surface area contributed by atoms with E-state index in [2.05, 4.69) is 56.7 Å². The van der Waals surface area contributed by atoms with Crippen LogP contribution in [0, 0.1) is 99.4 Å². The first-order valence-electron chi connectivity index (χ1n) is 42.1. The molecule has 12 aromatic rings.